The summed E-state index contributed by atoms with van der Waals surface area (Å²) in [6.45, 7) is 2.07. The van der Waals surface area contributed by atoms with E-state index in [1.54, 1.807) is 11.8 Å². The smallest absolute Gasteiger partial charge is 0.0713 e. The van der Waals surface area contributed by atoms with Gasteiger partial charge in [-0.25, -0.2) is 0 Å². The van der Waals surface area contributed by atoms with Gasteiger partial charge in [-0.05, 0) is 44.0 Å². The van der Waals surface area contributed by atoms with Crippen molar-refractivity contribution >= 4 is 22.7 Å². The summed E-state index contributed by atoms with van der Waals surface area (Å²) in [5.41, 5.74) is 6.80. The van der Waals surface area contributed by atoms with E-state index in [1.165, 1.54) is 22.9 Å². The SMILES string of the molecule is CN.CSc1cccc2ncc(C)cc12. The number of thioether (sulfide) groups is 1. The number of nitrogens with two attached hydrogens (primary N) is 1. The zero-order valence-corrected chi connectivity index (χ0v) is 10.1. The number of rotatable bonds is 1. The van der Waals surface area contributed by atoms with Crippen LogP contribution in [0.4, 0.5) is 0 Å². The van der Waals surface area contributed by atoms with Gasteiger partial charge < -0.3 is 5.73 Å². The van der Waals surface area contributed by atoms with E-state index in [0.29, 0.717) is 0 Å². The molecule has 3 heteroatoms. The third-order valence-corrected chi connectivity index (χ3v) is 2.84. The molecule has 0 spiro atoms. The first kappa shape index (κ1) is 12.0. The van der Waals surface area contributed by atoms with Gasteiger partial charge in [-0.1, -0.05) is 6.07 Å². The first-order valence-electron chi connectivity index (χ1n) is 4.78. The molecule has 2 rings (SSSR count). The van der Waals surface area contributed by atoms with Crippen LogP contribution in [0.5, 0.6) is 0 Å². The zero-order chi connectivity index (χ0) is 11.3. The highest BCUT2D eigenvalue weighted by molar-refractivity contribution is 7.98. The maximum Gasteiger partial charge on any atom is 0.0713 e. The van der Waals surface area contributed by atoms with Crippen LogP contribution in [0.3, 0.4) is 0 Å². The molecule has 2 aromatic rings. The largest absolute Gasteiger partial charge is 0.333 e. The van der Waals surface area contributed by atoms with Crippen LogP contribution in [0, 0.1) is 6.92 Å². The van der Waals surface area contributed by atoms with Gasteiger partial charge in [0.15, 0.2) is 0 Å². The van der Waals surface area contributed by atoms with Crippen molar-refractivity contribution in [3.63, 3.8) is 0 Å². The maximum atomic E-state index is 4.50. The van der Waals surface area contributed by atoms with E-state index >= 15 is 0 Å². The van der Waals surface area contributed by atoms with Crippen LogP contribution in [-0.2, 0) is 0 Å². The van der Waals surface area contributed by atoms with Crippen molar-refractivity contribution < 1.29 is 0 Å². The molecule has 1 heterocycles. The predicted molar refractivity (Wildman–Crippen MR) is 68.4 cm³/mol. The Morgan fingerprint density at radius 2 is 2.00 bits per heavy atom. The average molecular weight is 220 g/mol. The Kier molecular flexibility index (Phi) is 4.59. The number of pyridine rings is 1. The molecule has 0 unspecified atom stereocenters. The first-order valence-corrected chi connectivity index (χ1v) is 6.01. The Morgan fingerprint density at radius 3 is 2.67 bits per heavy atom. The molecule has 0 saturated carbocycles. The zero-order valence-electron chi connectivity index (χ0n) is 9.32. The monoisotopic (exact) mass is 220 g/mol. The van der Waals surface area contributed by atoms with Crippen LogP contribution >= 0.6 is 11.8 Å². The molecule has 2 nitrogen and oxygen atoms in total. The van der Waals surface area contributed by atoms with Crippen LogP contribution < -0.4 is 5.73 Å². The second-order valence-corrected chi connectivity index (χ2v) is 3.89. The van der Waals surface area contributed by atoms with Crippen molar-refractivity contribution in [3.05, 3.63) is 36.0 Å². The molecular weight excluding hydrogens is 204 g/mol. The van der Waals surface area contributed by atoms with Crippen molar-refractivity contribution in [2.24, 2.45) is 5.73 Å². The van der Waals surface area contributed by atoms with Crippen LogP contribution in [-0.4, -0.2) is 18.3 Å². The third-order valence-electron chi connectivity index (χ3n) is 2.04. The standard InChI is InChI=1S/C11H11NS.CH5N/c1-8-6-9-10(12-7-8)4-3-5-11(9)13-2;1-2/h3-7H,1-2H3;2H2,1H3. The number of hydrogen-bond acceptors (Lipinski definition) is 3. The van der Waals surface area contributed by atoms with E-state index in [9.17, 15) is 0 Å². The van der Waals surface area contributed by atoms with Crippen molar-refractivity contribution in [2.75, 3.05) is 13.3 Å². The molecule has 2 N–H and O–H groups in total. The van der Waals surface area contributed by atoms with E-state index in [1.807, 2.05) is 6.20 Å². The molecule has 0 amide bonds. The first-order chi connectivity index (χ1) is 7.31. The molecule has 0 atom stereocenters. The average Bonchev–Trinajstić information content (AvgIpc) is 2.31. The summed E-state index contributed by atoms with van der Waals surface area (Å²) in [5, 5.41) is 1.26. The summed E-state index contributed by atoms with van der Waals surface area (Å²) < 4.78 is 0. The molecule has 0 radical (unpaired) electrons. The highest BCUT2D eigenvalue weighted by Gasteiger charge is 1.99. The summed E-state index contributed by atoms with van der Waals surface area (Å²) >= 11 is 1.77. The number of fused-ring (bicyclic) bond motifs is 1. The lowest BCUT2D eigenvalue weighted by Gasteiger charge is -2.03. The Hall–Kier alpha value is -1.06. The van der Waals surface area contributed by atoms with Gasteiger partial charge in [-0.15, -0.1) is 11.8 Å². The van der Waals surface area contributed by atoms with Gasteiger partial charge in [-0.2, -0.15) is 0 Å². The van der Waals surface area contributed by atoms with Gasteiger partial charge >= 0.3 is 0 Å². The van der Waals surface area contributed by atoms with Gasteiger partial charge in [0.2, 0.25) is 0 Å². The van der Waals surface area contributed by atoms with Crippen LogP contribution in [0.1, 0.15) is 5.56 Å². The van der Waals surface area contributed by atoms with E-state index in [2.05, 4.69) is 48.2 Å². The fourth-order valence-electron chi connectivity index (χ4n) is 1.40. The normalized spacial score (nSPS) is 9.60. The Bertz CT molecular complexity index is 441. The molecule has 0 bridgehead atoms. The summed E-state index contributed by atoms with van der Waals surface area (Å²) in [5.74, 6) is 0. The van der Waals surface area contributed by atoms with E-state index in [4.69, 9.17) is 0 Å². The van der Waals surface area contributed by atoms with Gasteiger partial charge in [0, 0.05) is 16.5 Å². The minimum atomic E-state index is 1.08. The quantitative estimate of drug-likeness (QED) is 0.751. The number of benzene rings is 1. The molecule has 0 aliphatic carbocycles. The number of aromatic nitrogens is 1. The molecule has 80 valence electrons. The Morgan fingerprint density at radius 1 is 1.27 bits per heavy atom. The molecule has 1 aromatic carbocycles. The topological polar surface area (TPSA) is 38.9 Å². The van der Waals surface area contributed by atoms with Crippen LogP contribution in [0.25, 0.3) is 10.9 Å². The van der Waals surface area contributed by atoms with Crippen molar-refractivity contribution in [1.82, 2.24) is 4.98 Å². The minimum absolute atomic E-state index is 1.08. The number of hydrogen-bond donors (Lipinski definition) is 1. The van der Waals surface area contributed by atoms with Crippen molar-refractivity contribution in [3.8, 4) is 0 Å². The van der Waals surface area contributed by atoms with Gasteiger partial charge in [0.05, 0.1) is 5.52 Å². The number of nitrogens with zero attached hydrogens (tertiary/aromatic N) is 1. The lowest BCUT2D eigenvalue weighted by Crippen LogP contribution is -1.82. The van der Waals surface area contributed by atoms with E-state index in [0.717, 1.165) is 5.52 Å². The fraction of sp³-hybridized carbons (Fsp3) is 0.250. The molecule has 0 fully saturated rings. The van der Waals surface area contributed by atoms with Gasteiger partial charge in [-0.3, -0.25) is 4.98 Å². The van der Waals surface area contributed by atoms with E-state index in [-0.39, 0.29) is 0 Å². The van der Waals surface area contributed by atoms with E-state index < -0.39 is 0 Å². The molecule has 0 aliphatic heterocycles. The highest BCUT2D eigenvalue weighted by atomic mass is 32.2. The maximum absolute atomic E-state index is 4.50. The van der Waals surface area contributed by atoms with Crippen molar-refractivity contribution in [2.45, 2.75) is 11.8 Å². The second-order valence-electron chi connectivity index (χ2n) is 3.04. The number of aryl methyl sites for hydroxylation is 1. The minimum Gasteiger partial charge on any atom is -0.333 e. The van der Waals surface area contributed by atoms with Gasteiger partial charge in [0.25, 0.3) is 0 Å². The van der Waals surface area contributed by atoms with Crippen LogP contribution in [0.2, 0.25) is 0 Å². The summed E-state index contributed by atoms with van der Waals surface area (Å²) in [6.07, 6.45) is 4.00. The van der Waals surface area contributed by atoms with Crippen molar-refractivity contribution in [1.29, 1.82) is 0 Å². The Balaban J connectivity index is 0.000000531. The summed E-state index contributed by atoms with van der Waals surface area (Å²) in [7, 11) is 1.50. The fourth-order valence-corrected chi connectivity index (χ4v) is 2.00. The predicted octanol–water partition coefficient (Wildman–Crippen LogP) is 2.84. The molecule has 15 heavy (non-hydrogen) atoms. The summed E-state index contributed by atoms with van der Waals surface area (Å²) in [6, 6.07) is 8.42. The summed E-state index contributed by atoms with van der Waals surface area (Å²) in [4.78, 5) is 5.68. The van der Waals surface area contributed by atoms with Crippen LogP contribution in [0.15, 0.2) is 35.4 Å². The molecule has 0 aliphatic rings. The Labute approximate surface area is 94.9 Å². The third kappa shape index (κ3) is 2.70. The molecule has 0 saturated heterocycles. The molecule has 1 aromatic heterocycles. The molecular formula is C12H16N2S. The second kappa shape index (κ2) is 5.73. The highest BCUT2D eigenvalue weighted by Crippen LogP contribution is 2.25. The lowest BCUT2D eigenvalue weighted by atomic mass is 10.2. The lowest BCUT2D eigenvalue weighted by molar-refractivity contribution is 1.32. The van der Waals surface area contributed by atoms with Gasteiger partial charge in [0.1, 0.15) is 0 Å².